The summed E-state index contributed by atoms with van der Waals surface area (Å²) in [6.07, 6.45) is 8.81. The summed E-state index contributed by atoms with van der Waals surface area (Å²) < 4.78 is 64.9. The van der Waals surface area contributed by atoms with Gasteiger partial charge in [-0.05, 0) is 111 Å². The van der Waals surface area contributed by atoms with Gasteiger partial charge < -0.3 is 35.0 Å². The number of hydrogen-bond donors (Lipinski definition) is 3. The lowest BCUT2D eigenvalue weighted by molar-refractivity contribution is -0.140. The first-order valence-electron chi connectivity index (χ1n) is 28.8. The average molecular weight is 1120 g/mol. The number of rotatable bonds is 16. The highest BCUT2D eigenvalue weighted by atomic mass is 19.1. The lowest BCUT2D eigenvalue weighted by Gasteiger charge is -2.40. The van der Waals surface area contributed by atoms with E-state index in [4.69, 9.17) is 4.74 Å². The minimum absolute atomic E-state index is 0.00663. The fourth-order valence-corrected chi connectivity index (χ4v) is 12.4. The maximum absolute atomic E-state index is 15.9. The van der Waals surface area contributed by atoms with Gasteiger partial charge in [0.25, 0.3) is 17.4 Å². The minimum atomic E-state index is -0.784. The zero-order valence-electron chi connectivity index (χ0n) is 45.6. The molecule has 3 N–H and O–H groups in total. The molecule has 1 aliphatic carbocycles. The van der Waals surface area contributed by atoms with Crippen LogP contribution in [-0.4, -0.2) is 161 Å². The molecular formula is C61H71F4N9O7. The van der Waals surface area contributed by atoms with Crippen molar-refractivity contribution in [2.24, 2.45) is 5.92 Å². The van der Waals surface area contributed by atoms with Crippen molar-refractivity contribution in [2.45, 2.75) is 108 Å². The largest absolute Gasteiger partial charge is 0.375 e. The van der Waals surface area contributed by atoms with E-state index in [0.29, 0.717) is 100 Å². The number of H-pyrrole nitrogens is 1. The number of amides is 5. The van der Waals surface area contributed by atoms with Crippen LogP contribution in [0.2, 0.25) is 0 Å². The van der Waals surface area contributed by atoms with E-state index in [2.05, 4.69) is 25.7 Å². The molecule has 0 spiro atoms. The van der Waals surface area contributed by atoms with Crippen molar-refractivity contribution in [1.29, 1.82) is 0 Å². The van der Waals surface area contributed by atoms with Gasteiger partial charge >= 0.3 is 0 Å². The van der Waals surface area contributed by atoms with Crippen LogP contribution in [0.25, 0.3) is 10.8 Å². The highest BCUT2D eigenvalue weighted by Crippen LogP contribution is 2.32. The number of nitrogens with zero attached hydrogens (tertiary/aromatic N) is 6. The van der Waals surface area contributed by atoms with Crippen molar-refractivity contribution in [3.8, 4) is 0 Å². The molecule has 4 aliphatic heterocycles. The second-order valence-electron chi connectivity index (χ2n) is 22.4. The Morgan fingerprint density at radius 1 is 0.630 bits per heavy atom. The molecule has 10 rings (SSSR count). The van der Waals surface area contributed by atoms with Gasteiger partial charge in [0, 0.05) is 95.4 Å². The van der Waals surface area contributed by atoms with Gasteiger partial charge in [0.2, 0.25) is 17.7 Å². The van der Waals surface area contributed by atoms with Crippen molar-refractivity contribution in [3.05, 3.63) is 146 Å². The van der Waals surface area contributed by atoms with Crippen LogP contribution in [0.5, 0.6) is 0 Å². The number of benzene rings is 4. The van der Waals surface area contributed by atoms with Crippen LogP contribution in [0.15, 0.2) is 83.7 Å². The maximum Gasteiger partial charge on any atom is 0.272 e. The molecule has 16 nitrogen and oxygen atoms in total. The smallest absolute Gasteiger partial charge is 0.272 e. The van der Waals surface area contributed by atoms with Crippen molar-refractivity contribution < 1.29 is 46.3 Å². The third kappa shape index (κ3) is 14.0. The summed E-state index contributed by atoms with van der Waals surface area (Å²) in [6, 6.07) is 18.7. The third-order valence-electron chi connectivity index (χ3n) is 17.2. The molecule has 5 heterocycles. The number of piperidine rings is 3. The van der Waals surface area contributed by atoms with Crippen molar-refractivity contribution in [2.75, 3.05) is 78.5 Å². The lowest BCUT2D eigenvalue weighted by atomic mass is 9.83. The molecule has 4 saturated heterocycles. The number of likely N-dealkylation sites (tertiary alicyclic amines) is 3. The summed E-state index contributed by atoms with van der Waals surface area (Å²) in [7, 11) is 0. The molecule has 5 amide bonds. The van der Waals surface area contributed by atoms with Crippen LogP contribution in [0.4, 0.5) is 17.6 Å². The Hall–Kier alpha value is -7.03. The molecule has 0 bridgehead atoms. The number of nitrogens with one attached hydrogen (secondary N) is 3. The summed E-state index contributed by atoms with van der Waals surface area (Å²) in [5.41, 5.74) is 1.81. The molecule has 1 atom stereocenters. The van der Waals surface area contributed by atoms with Crippen LogP contribution in [0.3, 0.4) is 0 Å². The van der Waals surface area contributed by atoms with Crippen LogP contribution >= 0.6 is 0 Å². The van der Waals surface area contributed by atoms with Gasteiger partial charge in [-0.15, -0.1) is 0 Å². The second-order valence-corrected chi connectivity index (χ2v) is 22.4. The number of piperazine rings is 1. The normalized spacial score (nSPS) is 18.8. The third-order valence-corrected chi connectivity index (χ3v) is 17.2. The minimum Gasteiger partial charge on any atom is -0.375 e. The summed E-state index contributed by atoms with van der Waals surface area (Å²) in [5.74, 6) is -4.11. The summed E-state index contributed by atoms with van der Waals surface area (Å²) in [4.78, 5) is 89.5. The lowest BCUT2D eigenvalue weighted by Crippen LogP contribution is -2.55. The topological polar surface area (TPSA) is 181 Å². The Balaban J connectivity index is 0.639. The van der Waals surface area contributed by atoms with E-state index in [1.54, 1.807) is 39.0 Å². The van der Waals surface area contributed by atoms with Gasteiger partial charge in [0.1, 0.15) is 29.3 Å². The number of hydrogen-bond acceptors (Lipinski definition) is 10. The average Bonchev–Trinajstić information content (AvgIpc) is 3.50. The fraction of sp³-hybridized carbons (Fsp3) is 0.492. The number of carbonyl (C=O) groups excluding carboxylic acids is 5. The van der Waals surface area contributed by atoms with Crippen molar-refractivity contribution >= 4 is 40.3 Å². The predicted molar refractivity (Wildman–Crippen MR) is 295 cm³/mol. The number of aromatic amines is 1. The number of aromatic nitrogens is 2. The van der Waals surface area contributed by atoms with Gasteiger partial charge in [-0.2, -0.15) is 5.10 Å². The van der Waals surface area contributed by atoms with Crippen LogP contribution in [-0.2, 0) is 32.1 Å². The second kappa shape index (κ2) is 26.3. The Morgan fingerprint density at radius 3 is 2.00 bits per heavy atom. The molecule has 4 aromatic carbocycles. The first-order valence-corrected chi connectivity index (χ1v) is 28.8. The fourth-order valence-electron chi connectivity index (χ4n) is 12.4. The van der Waals surface area contributed by atoms with E-state index >= 15 is 8.78 Å². The summed E-state index contributed by atoms with van der Waals surface area (Å²) >= 11 is 0. The van der Waals surface area contributed by atoms with Crippen molar-refractivity contribution in [1.82, 2.24) is 45.3 Å². The zero-order chi connectivity index (χ0) is 56.6. The Morgan fingerprint density at radius 2 is 1.30 bits per heavy atom. The summed E-state index contributed by atoms with van der Waals surface area (Å²) in [5, 5.41) is 13.8. The van der Waals surface area contributed by atoms with E-state index in [0.717, 1.165) is 56.6 Å². The number of ether oxygens (including phenoxy) is 1. The van der Waals surface area contributed by atoms with Gasteiger partial charge in [0.15, 0.2) is 0 Å². The molecule has 430 valence electrons. The molecular weight excluding hydrogens is 1050 g/mol. The Labute approximate surface area is 468 Å². The predicted octanol–water partition coefficient (Wildman–Crippen LogP) is 6.70. The SMILES string of the molecule is O=C(N[C@@H](C(=O)N1CCC(OC2CCN(CC(=O)N3CCN(C(=O)c4cc(Cc5n[nH]c(=O)c6ccccc56)ccc4F)CC3)CC2)CC1)C1CCCCC1)c1ccc(C2CCN(C(=O)CNCc3ccc(F)cc3F)CC2)cc1F. The molecule has 0 radical (unpaired) electrons. The Kier molecular flexibility index (Phi) is 18.5. The monoisotopic (exact) mass is 1120 g/mol. The van der Waals surface area contributed by atoms with E-state index in [-0.39, 0.29) is 103 Å². The number of halogens is 4. The van der Waals surface area contributed by atoms with Crippen LogP contribution < -0.4 is 16.2 Å². The van der Waals surface area contributed by atoms with Crippen molar-refractivity contribution in [3.63, 3.8) is 0 Å². The molecule has 5 aliphatic rings. The number of fused-ring (bicyclic) bond motifs is 1. The van der Waals surface area contributed by atoms with E-state index in [1.807, 2.05) is 17.0 Å². The highest BCUT2D eigenvalue weighted by Gasteiger charge is 2.37. The quantitative estimate of drug-likeness (QED) is 0.0901. The standard InChI is InChI=1S/C61H71F4N9O7/c62-44-13-11-43(52(64)35-44)36-66-37-55(75)71-24-16-40(17-25-71)42-12-14-49(53(65)34-42)58(77)67-57(41-6-2-1-3-7-41)61(80)73-26-20-46(21-27-73)81-45-18-22-70(23-19-45)38-56(76)72-28-30-74(31-29-72)60(79)50-32-39(10-15-51(50)63)33-54-47-8-4-5-9-48(47)59(78)69-68-54/h4-5,8-15,32,34-35,40-41,45-46,57,66H,1-3,6-7,16-31,33,36-38H2,(H,67,77)(H,69,78)/t57-/m1/s1. The van der Waals surface area contributed by atoms with Crippen LogP contribution in [0, 0.1) is 29.2 Å². The van der Waals surface area contributed by atoms with E-state index in [9.17, 15) is 37.5 Å². The van der Waals surface area contributed by atoms with E-state index < -0.39 is 41.1 Å². The zero-order valence-corrected chi connectivity index (χ0v) is 45.6. The molecule has 20 heteroatoms. The van der Waals surface area contributed by atoms with E-state index in [1.165, 1.54) is 36.4 Å². The first-order chi connectivity index (χ1) is 39.2. The molecule has 0 unspecified atom stereocenters. The van der Waals surface area contributed by atoms with Gasteiger partial charge in [-0.1, -0.05) is 55.7 Å². The molecule has 5 fully saturated rings. The maximum atomic E-state index is 15.9. The van der Waals surface area contributed by atoms with Crippen LogP contribution in [0.1, 0.15) is 120 Å². The molecule has 1 saturated carbocycles. The first kappa shape index (κ1) is 57.2. The van der Waals surface area contributed by atoms with Gasteiger partial charge in [-0.3, -0.25) is 33.7 Å². The molecule has 5 aromatic rings. The van der Waals surface area contributed by atoms with Gasteiger partial charge in [0.05, 0.1) is 47.5 Å². The summed E-state index contributed by atoms with van der Waals surface area (Å²) in [6.45, 7) is 4.79. The number of carbonyl (C=O) groups is 5. The van der Waals surface area contributed by atoms with Gasteiger partial charge in [-0.25, -0.2) is 22.7 Å². The molecule has 81 heavy (non-hydrogen) atoms. The highest BCUT2D eigenvalue weighted by molar-refractivity contribution is 5.98. The Bertz CT molecular complexity index is 3140. The molecule has 1 aromatic heterocycles.